The summed E-state index contributed by atoms with van der Waals surface area (Å²) in [5.41, 5.74) is 5.48. The van der Waals surface area contributed by atoms with Crippen LogP contribution in [-0.2, 0) is 11.3 Å². The van der Waals surface area contributed by atoms with Gasteiger partial charge in [-0.15, -0.1) is 11.3 Å². The molecule has 1 saturated heterocycles. The Bertz CT molecular complexity index is 396. The van der Waals surface area contributed by atoms with E-state index in [2.05, 4.69) is 24.0 Å². The van der Waals surface area contributed by atoms with E-state index in [1.807, 2.05) is 0 Å². The largest absolute Gasteiger partial charge is 0.369 e. The molecule has 0 aliphatic carbocycles. The fourth-order valence-corrected chi connectivity index (χ4v) is 3.74. The Kier molecular flexibility index (Phi) is 4.78. The molecular formula is C14H22N2OS. The zero-order valence-corrected chi connectivity index (χ0v) is 11.8. The second-order valence-corrected chi connectivity index (χ2v) is 6.23. The molecule has 0 spiro atoms. The quantitative estimate of drug-likeness (QED) is 0.860. The third kappa shape index (κ3) is 3.33. The number of carbonyl (C=O) groups excluding carboxylic acids is 1. The highest BCUT2D eigenvalue weighted by molar-refractivity contribution is 7.12. The number of hydrogen-bond acceptors (Lipinski definition) is 3. The van der Waals surface area contributed by atoms with Gasteiger partial charge in [-0.2, -0.15) is 0 Å². The highest BCUT2D eigenvalue weighted by Gasteiger charge is 2.20. The van der Waals surface area contributed by atoms with Crippen molar-refractivity contribution in [3.63, 3.8) is 0 Å². The number of likely N-dealkylation sites (tertiary alicyclic amines) is 1. The molecule has 2 rings (SSSR count). The van der Waals surface area contributed by atoms with Crippen molar-refractivity contribution in [3.8, 4) is 0 Å². The number of rotatable bonds is 6. The summed E-state index contributed by atoms with van der Waals surface area (Å²) in [7, 11) is 0. The van der Waals surface area contributed by atoms with E-state index in [1.165, 1.54) is 30.8 Å². The SMILES string of the molecule is CCCC(C(N)=O)c1ccc(CN2CCCC2)s1. The molecule has 1 unspecified atom stereocenters. The fraction of sp³-hybridized carbons (Fsp3) is 0.643. The molecule has 4 heteroatoms. The molecule has 0 aromatic carbocycles. The van der Waals surface area contributed by atoms with Gasteiger partial charge in [0.1, 0.15) is 0 Å². The summed E-state index contributed by atoms with van der Waals surface area (Å²) >= 11 is 1.75. The van der Waals surface area contributed by atoms with Crippen molar-refractivity contribution in [3.05, 3.63) is 21.9 Å². The van der Waals surface area contributed by atoms with Gasteiger partial charge in [0.25, 0.3) is 0 Å². The normalized spacial score (nSPS) is 18.1. The van der Waals surface area contributed by atoms with Crippen LogP contribution in [-0.4, -0.2) is 23.9 Å². The van der Waals surface area contributed by atoms with E-state index in [9.17, 15) is 4.79 Å². The monoisotopic (exact) mass is 266 g/mol. The molecule has 1 atom stereocenters. The zero-order chi connectivity index (χ0) is 13.0. The third-order valence-electron chi connectivity index (χ3n) is 3.52. The first-order valence-corrected chi connectivity index (χ1v) is 7.62. The predicted molar refractivity (Wildman–Crippen MR) is 75.7 cm³/mol. The Morgan fingerprint density at radius 3 is 2.78 bits per heavy atom. The van der Waals surface area contributed by atoms with Crippen LogP contribution in [0.5, 0.6) is 0 Å². The summed E-state index contributed by atoms with van der Waals surface area (Å²) in [6, 6.07) is 4.24. The molecule has 0 radical (unpaired) electrons. The number of carbonyl (C=O) groups is 1. The molecule has 1 aromatic heterocycles. The van der Waals surface area contributed by atoms with Gasteiger partial charge in [-0.25, -0.2) is 0 Å². The maximum atomic E-state index is 11.5. The van der Waals surface area contributed by atoms with Crippen LogP contribution in [0.2, 0.25) is 0 Å². The highest BCUT2D eigenvalue weighted by Crippen LogP contribution is 2.29. The second kappa shape index (κ2) is 6.34. The zero-order valence-electron chi connectivity index (χ0n) is 11.0. The molecule has 3 nitrogen and oxygen atoms in total. The average molecular weight is 266 g/mol. The van der Waals surface area contributed by atoms with Gasteiger partial charge < -0.3 is 5.73 Å². The standard InChI is InChI=1S/C14H22N2OS/c1-2-5-12(14(15)17)13-7-6-11(18-13)10-16-8-3-4-9-16/h6-7,12H,2-5,8-10H2,1H3,(H2,15,17). The summed E-state index contributed by atoms with van der Waals surface area (Å²) in [5.74, 6) is -0.279. The van der Waals surface area contributed by atoms with Crippen LogP contribution in [0.25, 0.3) is 0 Å². The summed E-state index contributed by atoms with van der Waals surface area (Å²) < 4.78 is 0. The van der Waals surface area contributed by atoms with Gasteiger partial charge in [-0.1, -0.05) is 13.3 Å². The number of nitrogens with zero attached hydrogens (tertiary/aromatic N) is 1. The van der Waals surface area contributed by atoms with Gasteiger partial charge in [0.15, 0.2) is 0 Å². The van der Waals surface area contributed by atoms with Crippen LogP contribution in [0.15, 0.2) is 12.1 Å². The molecule has 2 N–H and O–H groups in total. The lowest BCUT2D eigenvalue weighted by atomic mass is 10.0. The van der Waals surface area contributed by atoms with E-state index in [0.717, 1.165) is 24.3 Å². The van der Waals surface area contributed by atoms with Crippen LogP contribution >= 0.6 is 11.3 Å². The summed E-state index contributed by atoms with van der Waals surface area (Å²) in [6.45, 7) is 5.54. The van der Waals surface area contributed by atoms with Crippen molar-refractivity contribution in [2.45, 2.75) is 45.1 Å². The molecule has 1 aromatic rings. The van der Waals surface area contributed by atoms with E-state index in [4.69, 9.17) is 5.73 Å². The highest BCUT2D eigenvalue weighted by atomic mass is 32.1. The Morgan fingerprint density at radius 1 is 1.44 bits per heavy atom. The van der Waals surface area contributed by atoms with E-state index < -0.39 is 0 Å². The molecule has 0 saturated carbocycles. The minimum absolute atomic E-state index is 0.0904. The van der Waals surface area contributed by atoms with Gasteiger partial charge >= 0.3 is 0 Å². The van der Waals surface area contributed by atoms with Crippen molar-refractivity contribution in [1.29, 1.82) is 0 Å². The van der Waals surface area contributed by atoms with Gasteiger partial charge in [0.05, 0.1) is 5.92 Å². The van der Waals surface area contributed by atoms with Crippen molar-refractivity contribution in [2.75, 3.05) is 13.1 Å². The Balaban J connectivity index is 2.01. The number of primary amides is 1. The van der Waals surface area contributed by atoms with Crippen LogP contribution in [0.3, 0.4) is 0 Å². The van der Waals surface area contributed by atoms with Crippen molar-refractivity contribution in [2.24, 2.45) is 5.73 Å². The average Bonchev–Trinajstić information content (AvgIpc) is 2.97. The van der Waals surface area contributed by atoms with E-state index in [-0.39, 0.29) is 11.8 Å². The van der Waals surface area contributed by atoms with Crippen molar-refractivity contribution >= 4 is 17.2 Å². The fourth-order valence-electron chi connectivity index (χ4n) is 2.54. The molecule has 2 heterocycles. The molecular weight excluding hydrogens is 244 g/mol. The lowest BCUT2D eigenvalue weighted by Gasteiger charge is -2.13. The predicted octanol–water partition coefficient (Wildman–Crippen LogP) is 2.71. The first-order chi connectivity index (χ1) is 8.70. The number of hydrogen-bond donors (Lipinski definition) is 1. The van der Waals surface area contributed by atoms with E-state index in [1.54, 1.807) is 11.3 Å². The molecule has 1 amide bonds. The van der Waals surface area contributed by atoms with Crippen LogP contribution in [0.1, 0.15) is 48.3 Å². The smallest absolute Gasteiger partial charge is 0.225 e. The summed E-state index contributed by atoms with van der Waals surface area (Å²) in [4.78, 5) is 16.4. The number of thiophene rings is 1. The minimum Gasteiger partial charge on any atom is -0.369 e. The maximum absolute atomic E-state index is 11.5. The Morgan fingerprint density at radius 2 is 2.17 bits per heavy atom. The molecule has 0 bridgehead atoms. The number of nitrogens with two attached hydrogens (primary N) is 1. The van der Waals surface area contributed by atoms with E-state index in [0.29, 0.717) is 0 Å². The topological polar surface area (TPSA) is 46.3 Å². The first-order valence-electron chi connectivity index (χ1n) is 6.81. The van der Waals surface area contributed by atoms with E-state index >= 15 is 0 Å². The van der Waals surface area contributed by atoms with Gasteiger partial charge in [-0.3, -0.25) is 9.69 Å². The lowest BCUT2D eigenvalue weighted by molar-refractivity contribution is -0.119. The molecule has 1 aliphatic rings. The molecule has 1 fully saturated rings. The van der Waals surface area contributed by atoms with Crippen LogP contribution in [0, 0.1) is 0 Å². The van der Waals surface area contributed by atoms with Gasteiger partial charge in [0.2, 0.25) is 5.91 Å². The second-order valence-electron chi connectivity index (χ2n) is 5.03. The summed E-state index contributed by atoms with van der Waals surface area (Å²) in [6.07, 6.45) is 4.49. The number of amides is 1. The van der Waals surface area contributed by atoms with Gasteiger partial charge in [0, 0.05) is 16.3 Å². The van der Waals surface area contributed by atoms with Crippen LogP contribution in [0.4, 0.5) is 0 Å². The first kappa shape index (κ1) is 13.6. The van der Waals surface area contributed by atoms with Crippen molar-refractivity contribution < 1.29 is 4.79 Å². The van der Waals surface area contributed by atoms with Crippen LogP contribution < -0.4 is 5.73 Å². The van der Waals surface area contributed by atoms with Crippen molar-refractivity contribution in [1.82, 2.24) is 4.90 Å². The Labute approximate surface area is 113 Å². The molecule has 100 valence electrons. The third-order valence-corrected chi connectivity index (χ3v) is 4.71. The lowest BCUT2D eigenvalue weighted by Crippen LogP contribution is -2.20. The molecule has 1 aliphatic heterocycles. The van der Waals surface area contributed by atoms with Gasteiger partial charge in [-0.05, 0) is 44.5 Å². The Hall–Kier alpha value is -0.870. The minimum atomic E-state index is -0.188. The maximum Gasteiger partial charge on any atom is 0.225 e. The molecule has 18 heavy (non-hydrogen) atoms. The summed E-state index contributed by atoms with van der Waals surface area (Å²) in [5, 5.41) is 0.